The lowest BCUT2D eigenvalue weighted by Gasteiger charge is -2.25. The van der Waals surface area contributed by atoms with Crippen molar-refractivity contribution in [2.75, 3.05) is 0 Å². The monoisotopic (exact) mass is 240 g/mol. The summed E-state index contributed by atoms with van der Waals surface area (Å²) in [4.78, 5) is 0. The van der Waals surface area contributed by atoms with Crippen LogP contribution in [-0.4, -0.2) is 0 Å². The summed E-state index contributed by atoms with van der Waals surface area (Å²) in [5, 5.41) is 0. The second-order valence-electron chi connectivity index (χ2n) is 6.53. The molecular weight excluding hydrogens is 204 g/mol. The van der Waals surface area contributed by atoms with E-state index < -0.39 is 0 Å². The van der Waals surface area contributed by atoms with Crippen molar-refractivity contribution in [2.45, 2.75) is 86.5 Å². The van der Waals surface area contributed by atoms with Crippen molar-refractivity contribution in [1.82, 2.24) is 0 Å². The van der Waals surface area contributed by atoms with E-state index in [4.69, 9.17) is 0 Å². The average Bonchev–Trinajstić information content (AvgIpc) is 2.23. The van der Waals surface area contributed by atoms with E-state index in [0.29, 0.717) is 0 Å². The predicted octanol–water partition coefficient (Wildman–Crippen LogP) is 6.30. The van der Waals surface area contributed by atoms with Crippen LogP contribution in [0.2, 0.25) is 0 Å². The van der Waals surface area contributed by atoms with Gasteiger partial charge in [0.25, 0.3) is 0 Å². The maximum absolute atomic E-state index is 2.39. The van der Waals surface area contributed by atoms with Crippen LogP contribution < -0.4 is 0 Å². The Balaban J connectivity index is 3.91. The van der Waals surface area contributed by atoms with Crippen LogP contribution in [0.4, 0.5) is 0 Å². The summed E-state index contributed by atoms with van der Waals surface area (Å²) in [6.07, 6.45) is 9.98. The molecule has 0 nitrogen and oxygen atoms in total. The van der Waals surface area contributed by atoms with Crippen molar-refractivity contribution < 1.29 is 0 Å². The van der Waals surface area contributed by atoms with Gasteiger partial charge < -0.3 is 0 Å². The smallest absolute Gasteiger partial charge is 0.0368 e. The number of hydrogen-bond acceptors (Lipinski definition) is 0. The quantitative estimate of drug-likeness (QED) is 0.420. The van der Waals surface area contributed by atoms with E-state index in [1.165, 1.54) is 44.9 Å². The third-order valence-corrected chi connectivity index (χ3v) is 4.26. The minimum atomic E-state index is 0.853. The van der Waals surface area contributed by atoms with Crippen molar-refractivity contribution in [1.29, 1.82) is 0 Å². The SMILES string of the molecule is CCCC(CCC)CCCC(C(C)C)C(C)C. The molecule has 0 N–H and O–H groups in total. The molecule has 0 rings (SSSR count). The summed E-state index contributed by atoms with van der Waals surface area (Å²) in [5.41, 5.74) is 0. The Hall–Kier alpha value is 0. The van der Waals surface area contributed by atoms with Crippen LogP contribution in [-0.2, 0) is 0 Å². The lowest BCUT2D eigenvalue weighted by Crippen LogP contribution is -2.16. The van der Waals surface area contributed by atoms with Crippen molar-refractivity contribution in [3.63, 3.8) is 0 Å². The molecule has 0 saturated heterocycles. The minimum absolute atomic E-state index is 0.853. The molecule has 104 valence electrons. The summed E-state index contributed by atoms with van der Waals surface area (Å²) in [7, 11) is 0. The van der Waals surface area contributed by atoms with E-state index in [2.05, 4.69) is 41.5 Å². The van der Waals surface area contributed by atoms with E-state index in [-0.39, 0.29) is 0 Å². The highest BCUT2D eigenvalue weighted by Crippen LogP contribution is 2.28. The Morgan fingerprint density at radius 2 is 1.12 bits per heavy atom. The van der Waals surface area contributed by atoms with Gasteiger partial charge in [0.2, 0.25) is 0 Å². The topological polar surface area (TPSA) is 0 Å². The maximum atomic E-state index is 2.39. The van der Waals surface area contributed by atoms with Crippen molar-refractivity contribution >= 4 is 0 Å². The van der Waals surface area contributed by atoms with E-state index in [0.717, 1.165) is 23.7 Å². The molecule has 0 heterocycles. The summed E-state index contributed by atoms with van der Waals surface area (Å²) in [6.45, 7) is 14.2. The molecule has 0 aromatic carbocycles. The van der Waals surface area contributed by atoms with E-state index >= 15 is 0 Å². The first-order valence-electron chi connectivity index (χ1n) is 8.02. The Morgan fingerprint density at radius 3 is 1.47 bits per heavy atom. The van der Waals surface area contributed by atoms with Crippen LogP contribution in [0.3, 0.4) is 0 Å². The molecule has 0 aromatic rings. The van der Waals surface area contributed by atoms with Gasteiger partial charge in [-0.3, -0.25) is 0 Å². The van der Waals surface area contributed by atoms with Gasteiger partial charge in [-0.1, -0.05) is 80.1 Å². The molecule has 0 atom stereocenters. The molecular formula is C17H36. The van der Waals surface area contributed by atoms with Gasteiger partial charge in [-0.05, 0) is 30.1 Å². The second kappa shape index (κ2) is 9.97. The van der Waals surface area contributed by atoms with Crippen molar-refractivity contribution in [3.05, 3.63) is 0 Å². The lowest BCUT2D eigenvalue weighted by atomic mass is 9.80. The van der Waals surface area contributed by atoms with Gasteiger partial charge in [0.1, 0.15) is 0 Å². The first-order valence-corrected chi connectivity index (χ1v) is 8.02. The Morgan fingerprint density at radius 1 is 0.647 bits per heavy atom. The average molecular weight is 240 g/mol. The van der Waals surface area contributed by atoms with Crippen molar-refractivity contribution in [2.24, 2.45) is 23.7 Å². The number of hydrogen-bond donors (Lipinski definition) is 0. The summed E-state index contributed by atoms with van der Waals surface area (Å²) < 4.78 is 0. The normalized spacial score (nSPS) is 12.4. The molecule has 0 fully saturated rings. The first kappa shape index (κ1) is 17.0. The largest absolute Gasteiger partial charge is 0.0654 e. The summed E-state index contributed by atoms with van der Waals surface area (Å²) in [5.74, 6) is 3.64. The number of rotatable bonds is 10. The Kier molecular flexibility index (Phi) is 9.97. The third-order valence-electron chi connectivity index (χ3n) is 4.26. The molecule has 0 aliphatic heterocycles. The fraction of sp³-hybridized carbons (Fsp3) is 1.00. The highest BCUT2D eigenvalue weighted by molar-refractivity contribution is 4.68. The lowest BCUT2D eigenvalue weighted by molar-refractivity contribution is 0.252. The van der Waals surface area contributed by atoms with E-state index in [9.17, 15) is 0 Å². The Bertz CT molecular complexity index is 143. The van der Waals surface area contributed by atoms with Crippen LogP contribution in [0.25, 0.3) is 0 Å². The van der Waals surface area contributed by atoms with E-state index in [1.807, 2.05) is 0 Å². The third kappa shape index (κ3) is 7.84. The van der Waals surface area contributed by atoms with Crippen molar-refractivity contribution in [3.8, 4) is 0 Å². The van der Waals surface area contributed by atoms with Crippen LogP contribution >= 0.6 is 0 Å². The molecule has 0 heteroatoms. The van der Waals surface area contributed by atoms with Crippen LogP contribution in [0.15, 0.2) is 0 Å². The second-order valence-corrected chi connectivity index (χ2v) is 6.53. The molecule has 0 saturated carbocycles. The van der Waals surface area contributed by atoms with Gasteiger partial charge in [0.05, 0.1) is 0 Å². The van der Waals surface area contributed by atoms with Gasteiger partial charge in [0.15, 0.2) is 0 Å². The molecule has 17 heavy (non-hydrogen) atoms. The predicted molar refractivity (Wildman–Crippen MR) is 80.3 cm³/mol. The molecule has 0 aliphatic rings. The standard InChI is InChI=1S/C17H36/c1-7-10-16(11-8-2)12-9-13-17(14(3)4)15(5)6/h14-17H,7-13H2,1-6H3. The van der Waals surface area contributed by atoms with E-state index in [1.54, 1.807) is 0 Å². The molecule has 0 aromatic heterocycles. The molecule has 0 radical (unpaired) electrons. The highest BCUT2D eigenvalue weighted by atomic mass is 14.2. The molecule has 0 bridgehead atoms. The van der Waals surface area contributed by atoms with Crippen LogP contribution in [0.1, 0.15) is 86.5 Å². The molecule has 0 amide bonds. The van der Waals surface area contributed by atoms with Gasteiger partial charge in [-0.25, -0.2) is 0 Å². The highest BCUT2D eigenvalue weighted by Gasteiger charge is 2.17. The minimum Gasteiger partial charge on any atom is -0.0654 e. The van der Waals surface area contributed by atoms with Gasteiger partial charge in [-0.15, -0.1) is 0 Å². The maximum Gasteiger partial charge on any atom is -0.0368 e. The van der Waals surface area contributed by atoms with Crippen LogP contribution in [0, 0.1) is 23.7 Å². The zero-order chi connectivity index (χ0) is 13.3. The fourth-order valence-electron chi connectivity index (χ4n) is 3.33. The summed E-state index contributed by atoms with van der Waals surface area (Å²) >= 11 is 0. The first-order chi connectivity index (χ1) is 8.02. The molecule has 0 spiro atoms. The molecule has 0 aliphatic carbocycles. The van der Waals surface area contributed by atoms with Gasteiger partial charge >= 0.3 is 0 Å². The zero-order valence-corrected chi connectivity index (χ0v) is 13.3. The van der Waals surface area contributed by atoms with Gasteiger partial charge in [-0.2, -0.15) is 0 Å². The summed E-state index contributed by atoms with van der Waals surface area (Å²) in [6, 6.07) is 0. The zero-order valence-electron chi connectivity index (χ0n) is 13.3. The van der Waals surface area contributed by atoms with Crippen LogP contribution in [0.5, 0.6) is 0 Å². The Labute approximate surface area is 111 Å². The molecule has 0 unspecified atom stereocenters. The van der Waals surface area contributed by atoms with Gasteiger partial charge in [0, 0.05) is 0 Å². The fourth-order valence-corrected chi connectivity index (χ4v) is 3.33.